The van der Waals surface area contributed by atoms with E-state index in [0.717, 1.165) is 12.8 Å². The lowest BCUT2D eigenvalue weighted by Gasteiger charge is -2.22. The van der Waals surface area contributed by atoms with Crippen LogP contribution in [0.4, 0.5) is 4.79 Å². The van der Waals surface area contributed by atoms with Gasteiger partial charge >= 0.3 is 12.1 Å². The average Bonchev–Trinajstić information content (AvgIpc) is 2.55. The fraction of sp³-hybridized carbons (Fsp3) is 0.684. The van der Waals surface area contributed by atoms with Crippen molar-refractivity contribution >= 4 is 23.9 Å². The molecular weight excluding hydrogens is 350 g/mol. The van der Waals surface area contributed by atoms with E-state index in [-0.39, 0.29) is 6.42 Å². The standard InChI is InChI=1S/C19H31N3O5/c1-14-11-9-7-6-8-10-12-15(23)20-17(22(5)13-16(24)26-14)21-18(25)27-19(2,3)4/h7,9,14H,6,8,10-13H2,1-5H3,(H,20,21,23,25)/b9-7+/i5D3. The van der Waals surface area contributed by atoms with Crippen molar-refractivity contribution in [2.75, 3.05) is 13.5 Å². The van der Waals surface area contributed by atoms with Crippen molar-refractivity contribution in [1.82, 2.24) is 10.2 Å². The quantitative estimate of drug-likeness (QED) is 0.509. The first-order valence-electron chi connectivity index (χ1n) is 10.5. The van der Waals surface area contributed by atoms with Crippen molar-refractivity contribution < 1.29 is 28.0 Å². The summed E-state index contributed by atoms with van der Waals surface area (Å²) < 4.78 is 33.6. The van der Waals surface area contributed by atoms with E-state index in [9.17, 15) is 14.4 Å². The summed E-state index contributed by atoms with van der Waals surface area (Å²) >= 11 is 0. The summed E-state index contributed by atoms with van der Waals surface area (Å²) in [6.07, 6.45) is 4.95. The molecule has 0 aliphatic carbocycles. The Balaban J connectivity index is 3.24. The topological polar surface area (TPSA) is 97.3 Å². The van der Waals surface area contributed by atoms with Gasteiger partial charge in [-0.2, -0.15) is 0 Å². The highest BCUT2D eigenvalue weighted by Gasteiger charge is 2.21. The smallest absolute Gasteiger partial charge is 0.437 e. The van der Waals surface area contributed by atoms with Crippen LogP contribution in [-0.4, -0.2) is 54.1 Å². The Morgan fingerprint density at radius 2 is 2.11 bits per heavy atom. The summed E-state index contributed by atoms with van der Waals surface area (Å²) in [6.45, 7) is 2.95. The molecule has 1 N–H and O–H groups in total. The Morgan fingerprint density at radius 3 is 2.78 bits per heavy atom. The highest BCUT2D eigenvalue weighted by atomic mass is 16.6. The molecule has 8 nitrogen and oxygen atoms in total. The number of nitrogens with one attached hydrogen (secondary N) is 1. The van der Waals surface area contributed by atoms with Crippen LogP contribution in [0.15, 0.2) is 17.1 Å². The number of hydrogen-bond donors (Lipinski definition) is 1. The molecule has 0 fully saturated rings. The summed E-state index contributed by atoms with van der Waals surface area (Å²) in [5, 5.41) is 2.34. The molecule has 0 aromatic rings. The molecular formula is C19H31N3O5. The minimum absolute atomic E-state index is 0.108. The third-order valence-electron chi connectivity index (χ3n) is 3.38. The molecule has 2 amide bonds. The van der Waals surface area contributed by atoms with Crippen molar-refractivity contribution in [2.45, 2.75) is 71.5 Å². The van der Waals surface area contributed by atoms with Gasteiger partial charge in [-0.25, -0.2) is 4.79 Å². The number of nitrogens with zero attached hydrogens (tertiary/aromatic N) is 2. The van der Waals surface area contributed by atoms with Gasteiger partial charge in [0.15, 0.2) is 0 Å². The molecule has 0 radical (unpaired) electrons. The first-order chi connectivity index (χ1) is 13.8. The van der Waals surface area contributed by atoms with Gasteiger partial charge in [-0.15, -0.1) is 4.99 Å². The van der Waals surface area contributed by atoms with Gasteiger partial charge in [0.1, 0.15) is 18.2 Å². The van der Waals surface area contributed by atoms with E-state index in [1.807, 2.05) is 12.2 Å². The lowest BCUT2D eigenvalue weighted by Crippen LogP contribution is -2.45. The second-order valence-electron chi connectivity index (χ2n) is 7.30. The summed E-state index contributed by atoms with van der Waals surface area (Å²) in [5.41, 5.74) is -0.878. The van der Waals surface area contributed by atoms with E-state index < -0.39 is 49.2 Å². The zero-order valence-corrected chi connectivity index (χ0v) is 16.4. The molecule has 152 valence electrons. The molecule has 1 unspecified atom stereocenters. The second kappa shape index (κ2) is 10.7. The molecule has 1 rings (SSSR count). The number of ether oxygens (including phenoxy) is 2. The van der Waals surface area contributed by atoms with Crippen molar-refractivity contribution in [3.05, 3.63) is 12.2 Å². The maximum atomic E-state index is 12.3. The van der Waals surface area contributed by atoms with E-state index >= 15 is 0 Å². The molecule has 27 heavy (non-hydrogen) atoms. The molecule has 0 saturated carbocycles. The maximum absolute atomic E-state index is 12.3. The Labute approximate surface area is 165 Å². The number of likely N-dealkylation sites (N-methyl/N-ethyl adjacent to an activating group) is 1. The summed E-state index contributed by atoms with van der Waals surface area (Å²) in [7, 11) is 0. The molecule has 0 spiro atoms. The van der Waals surface area contributed by atoms with Crippen LogP contribution >= 0.6 is 0 Å². The van der Waals surface area contributed by atoms with Gasteiger partial charge in [0.25, 0.3) is 0 Å². The van der Waals surface area contributed by atoms with Gasteiger partial charge in [-0.3, -0.25) is 14.9 Å². The van der Waals surface area contributed by atoms with Gasteiger partial charge < -0.3 is 14.4 Å². The van der Waals surface area contributed by atoms with Crippen molar-refractivity contribution in [3.8, 4) is 0 Å². The number of rotatable bonds is 0. The fourth-order valence-electron chi connectivity index (χ4n) is 2.18. The van der Waals surface area contributed by atoms with E-state index in [1.165, 1.54) is 0 Å². The van der Waals surface area contributed by atoms with Crippen LogP contribution in [0.25, 0.3) is 0 Å². The lowest BCUT2D eigenvalue weighted by atomic mass is 10.1. The number of carbonyl (C=O) groups is 3. The molecule has 1 aliphatic heterocycles. The van der Waals surface area contributed by atoms with Crippen molar-refractivity contribution in [3.63, 3.8) is 0 Å². The minimum atomic E-state index is -2.87. The zero-order chi connectivity index (χ0) is 22.9. The van der Waals surface area contributed by atoms with E-state index in [2.05, 4.69) is 10.3 Å². The number of esters is 1. The molecule has 1 heterocycles. The van der Waals surface area contributed by atoms with Gasteiger partial charge in [0.05, 0.1) is 0 Å². The minimum Gasteiger partial charge on any atom is -0.461 e. The number of hydrogen-bond acceptors (Lipinski definition) is 5. The third-order valence-corrected chi connectivity index (χ3v) is 3.38. The largest absolute Gasteiger partial charge is 0.461 e. The normalized spacial score (nSPS) is 25.8. The SMILES string of the molecule is [2H]C([2H])([2H])N1CC(=O)OC(C)C/C=C/CCCCC(=O)NC1=NC(=O)OC(C)(C)C. The average molecular weight is 384 g/mol. The van der Waals surface area contributed by atoms with E-state index in [4.69, 9.17) is 13.6 Å². The summed E-state index contributed by atoms with van der Waals surface area (Å²) in [5.74, 6) is -1.92. The van der Waals surface area contributed by atoms with Gasteiger partial charge in [0.2, 0.25) is 11.9 Å². The summed E-state index contributed by atoms with van der Waals surface area (Å²) in [4.78, 5) is 41.0. The lowest BCUT2D eigenvalue weighted by molar-refractivity contribution is -0.148. The van der Waals surface area contributed by atoms with Gasteiger partial charge in [0, 0.05) is 23.9 Å². The number of carbonyl (C=O) groups excluding carboxylic acids is 3. The van der Waals surface area contributed by atoms with Crippen LogP contribution in [0.2, 0.25) is 0 Å². The third kappa shape index (κ3) is 10.4. The predicted molar refractivity (Wildman–Crippen MR) is 102 cm³/mol. The first kappa shape index (κ1) is 18.0. The highest BCUT2D eigenvalue weighted by molar-refractivity contribution is 6.01. The Morgan fingerprint density at radius 1 is 1.37 bits per heavy atom. The molecule has 0 saturated heterocycles. The Bertz CT molecular complexity index is 684. The molecule has 0 aromatic heterocycles. The molecule has 1 aliphatic rings. The molecule has 0 aromatic carbocycles. The van der Waals surface area contributed by atoms with Crippen LogP contribution < -0.4 is 5.32 Å². The first-order valence-corrected chi connectivity index (χ1v) is 9.01. The molecule has 1 atom stereocenters. The van der Waals surface area contributed by atoms with Crippen molar-refractivity contribution in [2.24, 2.45) is 4.99 Å². The van der Waals surface area contributed by atoms with Gasteiger partial charge in [-0.1, -0.05) is 12.2 Å². The summed E-state index contributed by atoms with van der Waals surface area (Å²) in [6, 6.07) is 0. The van der Waals surface area contributed by atoms with Crippen LogP contribution in [-0.2, 0) is 19.1 Å². The van der Waals surface area contributed by atoms with Crippen molar-refractivity contribution in [1.29, 1.82) is 0 Å². The number of cyclic esters (lactones) is 1. The highest BCUT2D eigenvalue weighted by Crippen LogP contribution is 2.09. The van der Waals surface area contributed by atoms with Gasteiger partial charge in [-0.05, 0) is 47.0 Å². The zero-order valence-electron chi connectivity index (χ0n) is 19.4. The van der Waals surface area contributed by atoms with Crippen LogP contribution in [0.1, 0.15) is 63.9 Å². The number of guanidine groups is 1. The number of aliphatic imine (C=N–C) groups is 1. The van der Waals surface area contributed by atoms with E-state index in [1.54, 1.807) is 27.7 Å². The van der Waals surface area contributed by atoms with E-state index in [0.29, 0.717) is 17.7 Å². The number of allylic oxidation sites excluding steroid dienone is 1. The Kier molecular flexibility index (Phi) is 7.13. The fourth-order valence-corrected chi connectivity index (χ4v) is 2.18. The maximum Gasteiger partial charge on any atom is 0.437 e. The van der Waals surface area contributed by atoms with Crippen LogP contribution in [0.5, 0.6) is 0 Å². The Hall–Kier alpha value is -2.38. The van der Waals surface area contributed by atoms with Crippen LogP contribution in [0, 0.1) is 0 Å². The monoisotopic (exact) mass is 384 g/mol. The van der Waals surface area contributed by atoms with Crippen LogP contribution in [0.3, 0.4) is 0 Å². The molecule has 8 heteroatoms. The predicted octanol–water partition coefficient (Wildman–Crippen LogP) is 2.78. The second-order valence-corrected chi connectivity index (χ2v) is 7.30. The number of amides is 2. The molecule has 0 bridgehead atoms.